The van der Waals surface area contributed by atoms with Crippen LogP contribution in [-0.2, 0) is 20.7 Å². The van der Waals surface area contributed by atoms with E-state index in [2.05, 4.69) is 5.32 Å². The maximum atomic E-state index is 13.0. The van der Waals surface area contributed by atoms with Gasteiger partial charge in [-0.1, -0.05) is 12.1 Å². The standard InChI is InChI=1S/C24H30FNO5/c1-6-29-22(28)24(4,5)31-19-11-7-17(8-12-19)15-16-26-21(27)23(2,3)30-20-13-9-18(25)10-14-20/h7-14H,6,15-16H2,1-5H3,(H,26,27). The molecule has 0 atom stereocenters. The number of hydrogen-bond acceptors (Lipinski definition) is 5. The predicted octanol–water partition coefficient (Wildman–Crippen LogP) is 4.06. The third kappa shape index (κ3) is 7.27. The first-order chi connectivity index (χ1) is 14.5. The molecule has 0 fully saturated rings. The fourth-order valence-electron chi connectivity index (χ4n) is 2.74. The average molecular weight is 432 g/mol. The van der Waals surface area contributed by atoms with Crippen molar-refractivity contribution in [1.82, 2.24) is 5.32 Å². The van der Waals surface area contributed by atoms with E-state index in [9.17, 15) is 14.0 Å². The van der Waals surface area contributed by atoms with Gasteiger partial charge in [0, 0.05) is 6.54 Å². The van der Waals surface area contributed by atoms with Crippen LogP contribution in [0.25, 0.3) is 0 Å². The molecule has 2 rings (SSSR count). The number of benzene rings is 2. The second kappa shape index (κ2) is 10.3. The molecule has 0 aliphatic heterocycles. The number of ether oxygens (including phenoxy) is 3. The molecule has 0 aromatic heterocycles. The molecule has 2 aromatic carbocycles. The Morgan fingerprint density at radius 3 is 1.94 bits per heavy atom. The molecular formula is C24H30FNO5. The number of halogens is 1. The Bertz CT molecular complexity index is 876. The van der Waals surface area contributed by atoms with Crippen LogP contribution in [0.3, 0.4) is 0 Å². The fourth-order valence-corrected chi connectivity index (χ4v) is 2.74. The van der Waals surface area contributed by atoms with Gasteiger partial charge >= 0.3 is 5.97 Å². The average Bonchev–Trinajstić information content (AvgIpc) is 2.70. The van der Waals surface area contributed by atoms with Crippen molar-refractivity contribution in [3.63, 3.8) is 0 Å². The zero-order chi connectivity index (χ0) is 23.1. The van der Waals surface area contributed by atoms with E-state index in [1.54, 1.807) is 46.8 Å². The second-order valence-corrected chi connectivity index (χ2v) is 8.05. The van der Waals surface area contributed by atoms with Gasteiger partial charge in [-0.3, -0.25) is 4.79 Å². The van der Waals surface area contributed by atoms with Gasteiger partial charge in [-0.2, -0.15) is 0 Å². The molecule has 6 nitrogen and oxygen atoms in total. The van der Waals surface area contributed by atoms with Crippen molar-refractivity contribution >= 4 is 11.9 Å². The number of rotatable bonds is 10. The first-order valence-corrected chi connectivity index (χ1v) is 10.2. The van der Waals surface area contributed by atoms with Crippen molar-refractivity contribution in [1.29, 1.82) is 0 Å². The number of carbonyl (C=O) groups is 2. The lowest BCUT2D eigenvalue weighted by Crippen LogP contribution is -2.47. The van der Waals surface area contributed by atoms with Crippen LogP contribution in [-0.4, -0.2) is 36.2 Å². The minimum Gasteiger partial charge on any atom is -0.478 e. The first kappa shape index (κ1) is 24.2. The lowest BCUT2D eigenvalue weighted by Gasteiger charge is -2.25. The number of hydrogen-bond donors (Lipinski definition) is 1. The van der Waals surface area contributed by atoms with E-state index in [1.165, 1.54) is 24.3 Å². The third-order valence-electron chi connectivity index (χ3n) is 4.50. The van der Waals surface area contributed by atoms with Gasteiger partial charge in [0.25, 0.3) is 5.91 Å². The first-order valence-electron chi connectivity index (χ1n) is 10.2. The van der Waals surface area contributed by atoms with Gasteiger partial charge < -0.3 is 19.5 Å². The molecule has 0 radical (unpaired) electrons. The molecule has 0 spiro atoms. The molecule has 0 saturated carbocycles. The van der Waals surface area contributed by atoms with Gasteiger partial charge in [0.2, 0.25) is 0 Å². The van der Waals surface area contributed by atoms with E-state index in [0.29, 0.717) is 31.1 Å². The Balaban J connectivity index is 1.84. The summed E-state index contributed by atoms with van der Waals surface area (Å²) in [7, 11) is 0. The van der Waals surface area contributed by atoms with E-state index in [1.807, 2.05) is 12.1 Å². The van der Waals surface area contributed by atoms with Gasteiger partial charge in [0.1, 0.15) is 17.3 Å². The van der Waals surface area contributed by atoms with Crippen molar-refractivity contribution in [3.05, 3.63) is 59.9 Å². The zero-order valence-electron chi connectivity index (χ0n) is 18.7. The molecule has 0 aliphatic rings. The summed E-state index contributed by atoms with van der Waals surface area (Å²) in [5.41, 5.74) is -1.19. The van der Waals surface area contributed by atoms with E-state index < -0.39 is 17.2 Å². The third-order valence-corrected chi connectivity index (χ3v) is 4.50. The molecule has 0 saturated heterocycles. The van der Waals surface area contributed by atoms with Crippen LogP contribution in [0.15, 0.2) is 48.5 Å². The van der Waals surface area contributed by atoms with Gasteiger partial charge in [0.15, 0.2) is 11.2 Å². The quantitative estimate of drug-likeness (QED) is 0.574. The molecule has 0 heterocycles. The van der Waals surface area contributed by atoms with Crippen molar-refractivity contribution in [2.24, 2.45) is 0 Å². The smallest absolute Gasteiger partial charge is 0.349 e. The van der Waals surface area contributed by atoms with Gasteiger partial charge in [0.05, 0.1) is 6.61 Å². The number of nitrogens with one attached hydrogen (secondary N) is 1. The highest BCUT2D eigenvalue weighted by Gasteiger charge is 2.31. The highest BCUT2D eigenvalue weighted by atomic mass is 19.1. The summed E-state index contributed by atoms with van der Waals surface area (Å²) >= 11 is 0. The number of esters is 1. The fraction of sp³-hybridized carbons (Fsp3) is 0.417. The van der Waals surface area contributed by atoms with Gasteiger partial charge in [-0.15, -0.1) is 0 Å². The Hall–Kier alpha value is -3.09. The normalized spacial score (nSPS) is 11.5. The summed E-state index contributed by atoms with van der Waals surface area (Å²) < 4.78 is 29.5. The summed E-state index contributed by atoms with van der Waals surface area (Å²) in [6.07, 6.45) is 0.611. The summed E-state index contributed by atoms with van der Waals surface area (Å²) in [4.78, 5) is 24.4. The highest BCUT2D eigenvalue weighted by molar-refractivity contribution is 5.84. The van der Waals surface area contributed by atoms with Crippen molar-refractivity contribution in [3.8, 4) is 11.5 Å². The largest absolute Gasteiger partial charge is 0.478 e. The minimum absolute atomic E-state index is 0.270. The summed E-state index contributed by atoms with van der Waals surface area (Å²) in [6, 6.07) is 12.8. The van der Waals surface area contributed by atoms with E-state index in [4.69, 9.17) is 14.2 Å². The van der Waals surface area contributed by atoms with Crippen molar-refractivity contribution < 1.29 is 28.2 Å². The van der Waals surface area contributed by atoms with Crippen LogP contribution in [0.1, 0.15) is 40.2 Å². The van der Waals surface area contributed by atoms with Crippen LogP contribution in [0.4, 0.5) is 4.39 Å². The molecule has 0 bridgehead atoms. The maximum absolute atomic E-state index is 13.0. The van der Waals surface area contributed by atoms with Crippen molar-refractivity contribution in [2.45, 2.75) is 52.2 Å². The number of amides is 1. The molecule has 0 aliphatic carbocycles. The molecule has 1 amide bonds. The topological polar surface area (TPSA) is 73.9 Å². The summed E-state index contributed by atoms with van der Waals surface area (Å²) in [6.45, 7) is 9.09. The monoisotopic (exact) mass is 431 g/mol. The van der Waals surface area contributed by atoms with Crippen LogP contribution < -0.4 is 14.8 Å². The highest BCUT2D eigenvalue weighted by Crippen LogP contribution is 2.21. The summed E-state index contributed by atoms with van der Waals surface area (Å²) in [5.74, 6) is -0.0849. The zero-order valence-corrected chi connectivity index (χ0v) is 18.7. The van der Waals surface area contributed by atoms with Gasteiger partial charge in [-0.25, -0.2) is 9.18 Å². The number of carbonyl (C=O) groups excluding carboxylic acids is 2. The Morgan fingerprint density at radius 1 is 0.871 bits per heavy atom. The lowest BCUT2D eigenvalue weighted by atomic mass is 10.1. The van der Waals surface area contributed by atoms with Crippen LogP contribution >= 0.6 is 0 Å². The maximum Gasteiger partial charge on any atom is 0.349 e. The van der Waals surface area contributed by atoms with Crippen molar-refractivity contribution in [2.75, 3.05) is 13.2 Å². The molecule has 31 heavy (non-hydrogen) atoms. The van der Waals surface area contributed by atoms with E-state index in [-0.39, 0.29) is 11.7 Å². The van der Waals surface area contributed by atoms with Crippen LogP contribution in [0.2, 0.25) is 0 Å². The Labute approximate surface area is 182 Å². The van der Waals surface area contributed by atoms with Crippen LogP contribution in [0.5, 0.6) is 11.5 Å². The Morgan fingerprint density at radius 2 is 1.39 bits per heavy atom. The van der Waals surface area contributed by atoms with E-state index >= 15 is 0 Å². The molecular weight excluding hydrogens is 401 g/mol. The van der Waals surface area contributed by atoms with E-state index in [0.717, 1.165) is 5.56 Å². The SMILES string of the molecule is CCOC(=O)C(C)(C)Oc1ccc(CCNC(=O)C(C)(C)Oc2ccc(F)cc2)cc1. The van der Waals surface area contributed by atoms with Gasteiger partial charge in [-0.05, 0) is 83.0 Å². The molecule has 1 N–H and O–H groups in total. The molecule has 0 unspecified atom stereocenters. The predicted molar refractivity (Wildman–Crippen MR) is 116 cm³/mol. The molecule has 168 valence electrons. The summed E-state index contributed by atoms with van der Waals surface area (Å²) in [5, 5.41) is 2.85. The molecule has 2 aromatic rings. The Kier molecular flexibility index (Phi) is 8.02. The lowest BCUT2D eigenvalue weighted by molar-refractivity contribution is -0.158. The minimum atomic E-state index is -1.10. The van der Waals surface area contributed by atoms with Crippen LogP contribution in [0, 0.1) is 5.82 Å². The second-order valence-electron chi connectivity index (χ2n) is 8.05. The molecule has 7 heteroatoms.